The van der Waals surface area contributed by atoms with Crippen molar-refractivity contribution < 1.29 is 13.2 Å². The average Bonchev–Trinajstić information content (AvgIpc) is 2.63. The number of nitrogens with one attached hydrogen (secondary N) is 2. The average molecular weight is 463 g/mol. The van der Waals surface area contributed by atoms with E-state index in [0.717, 1.165) is 11.1 Å². The van der Waals surface area contributed by atoms with E-state index in [1.165, 1.54) is 6.07 Å². The summed E-state index contributed by atoms with van der Waals surface area (Å²) in [4.78, 5) is 12.7. The number of aryl methyl sites for hydroxylation is 3. The quantitative estimate of drug-likeness (QED) is 0.490. The number of benzene rings is 3. The number of hydrogen-bond acceptors (Lipinski definition) is 3. The second-order valence-electron chi connectivity index (χ2n) is 7.02. The fourth-order valence-electron chi connectivity index (χ4n) is 2.99. The summed E-state index contributed by atoms with van der Waals surface area (Å²) in [7, 11) is -3.89. The molecule has 0 aromatic heterocycles. The first-order valence-electron chi connectivity index (χ1n) is 9.03. The molecule has 0 saturated heterocycles. The molecule has 0 spiro atoms. The smallest absolute Gasteiger partial charge is 0.262 e. The summed E-state index contributed by atoms with van der Waals surface area (Å²) in [5, 5.41) is 3.43. The minimum absolute atomic E-state index is 0.0271. The van der Waals surface area contributed by atoms with Gasteiger partial charge in [-0.25, -0.2) is 8.42 Å². The van der Waals surface area contributed by atoms with Crippen LogP contribution in [0.4, 0.5) is 11.4 Å². The Morgan fingerprint density at radius 2 is 1.50 bits per heavy atom. The van der Waals surface area contributed by atoms with Crippen LogP contribution in [-0.4, -0.2) is 14.3 Å². The zero-order valence-corrected chi connectivity index (χ0v) is 18.9. The van der Waals surface area contributed by atoms with Crippen LogP contribution in [0.25, 0.3) is 0 Å². The van der Waals surface area contributed by atoms with Crippen LogP contribution in [0.3, 0.4) is 0 Å². The van der Waals surface area contributed by atoms with Gasteiger partial charge < -0.3 is 5.32 Å². The molecule has 156 valence electrons. The lowest BCUT2D eigenvalue weighted by Gasteiger charge is -2.14. The molecular formula is C22H20Cl2N2O3S. The second kappa shape index (κ2) is 8.68. The molecule has 0 saturated carbocycles. The van der Waals surface area contributed by atoms with Crippen LogP contribution >= 0.6 is 23.2 Å². The van der Waals surface area contributed by atoms with Crippen molar-refractivity contribution in [1.82, 2.24) is 0 Å². The Kier molecular flexibility index (Phi) is 6.41. The maximum atomic E-state index is 13.0. The molecule has 0 aliphatic carbocycles. The summed E-state index contributed by atoms with van der Waals surface area (Å²) in [6, 6.07) is 14.6. The lowest BCUT2D eigenvalue weighted by molar-refractivity contribution is 0.102. The molecule has 0 heterocycles. The van der Waals surface area contributed by atoms with Gasteiger partial charge in [-0.15, -0.1) is 0 Å². The molecule has 0 bridgehead atoms. The first-order chi connectivity index (χ1) is 14.0. The number of sulfonamides is 1. The van der Waals surface area contributed by atoms with Crippen molar-refractivity contribution in [2.75, 3.05) is 10.0 Å². The van der Waals surface area contributed by atoms with Gasteiger partial charge in [0.1, 0.15) is 0 Å². The molecule has 0 radical (unpaired) electrons. The lowest BCUT2D eigenvalue weighted by Crippen LogP contribution is -2.17. The van der Waals surface area contributed by atoms with Crippen LogP contribution in [0.2, 0.25) is 10.0 Å². The molecule has 3 aromatic carbocycles. The van der Waals surface area contributed by atoms with Crippen LogP contribution < -0.4 is 10.0 Å². The number of halogens is 2. The van der Waals surface area contributed by atoms with Gasteiger partial charge in [0.15, 0.2) is 0 Å². The number of anilines is 2. The Morgan fingerprint density at radius 1 is 0.833 bits per heavy atom. The van der Waals surface area contributed by atoms with E-state index in [-0.39, 0.29) is 10.5 Å². The van der Waals surface area contributed by atoms with Gasteiger partial charge in [-0.2, -0.15) is 0 Å². The van der Waals surface area contributed by atoms with Crippen molar-refractivity contribution in [1.29, 1.82) is 0 Å². The van der Waals surface area contributed by atoms with Gasteiger partial charge in [-0.05, 0) is 68.3 Å². The van der Waals surface area contributed by atoms with Gasteiger partial charge >= 0.3 is 0 Å². The van der Waals surface area contributed by atoms with E-state index >= 15 is 0 Å². The fourth-order valence-corrected chi connectivity index (χ4v) is 4.92. The monoisotopic (exact) mass is 462 g/mol. The molecule has 0 fully saturated rings. The first-order valence-corrected chi connectivity index (χ1v) is 11.3. The van der Waals surface area contributed by atoms with Gasteiger partial charge in [0.05, 0.1) is 10.6 Å². The zero-order valence-electron chi connectivity index (χ0n) is 16.6. The number of hydrogen-bond donors (Lipinski definition) is 2. The third kappa shape index (κ3) is 5.14. The van der Waals surface area contributed by atoms with Crippen molar-refractivity contribution in [2.45, 2.75) is 25.7 Å². The molecule has 5 nitrogen and oxygen atoms in total. The maximum Gasteiger partial charge on any atom is 0.262 e. The number of amides is 1. The lowest BCUT2D eigenvalue weighted by atomic mass is 10.1. The van der Waals surface area contributed by atoms with Crippen molar-refractivity contribution >= 4 is 50.5 Å². The minimum atomic E-state index is -3.89. The molecule has 0 atom stereocenters. The van der Waals surface area contributed by atoms with Gasteiger partial charge in [0.2, 0.25) is 0 Å². The van der Waals surface area contributed by atoms with E-state index in [1.54, 1.807) is 43.3 Å². The number of carbonyl (C=O) groups is 1. The summed E-state index contributed by atoms with van der Waals surface area (Å²) in [5.41, 5.74) is 3.46. The van der Waals surface area contributed by atoms with Crippen LogP contribution in [-0.2, 0) is 10.0 Å². The molecule has 0 aliphatic rings. The SMILES string of the molecule is Cc1ccc(NS(=O)(=O)c2cc(C(=O)Nc3cc(Cl)cc(Cl)c3)ccc2C)c(C)c1. The van der Waals surface area contributed by atoms with Crippen molar-refractivity contribution in [3.05, 3.63) is 86.9 Å². The highest BCUT2D eigenvalue weighted by Crippen LogP contribution is 2.25. The van der Waals surface area contributed by atoms with Gasteiger partial charge in [0, 0.05) is 21.3 Å². The molecule has 3 aromatic rings. The molecule has 3 rings (SSSR count). The molecule has 0 aliphatic heterocycles. The molecule has 1 amide bonds. The maximum absolute atomic E-state index is 13.0. The Labute approximate surface area is 186 Å². The van der Waals surface area contributed by atoms with Crippen LogP contribution in [0.15, 0.2) is 59.5 Å². The topological polar surface area (TPSA) is 75.3 Å². The van der Waals surface area contributed by atoms with Crippen molar-refractivity contribution in [2.24, 2.45) is 0 Å². The highest BCUT2D eigenvalue weighted by atomic mass is 35.5. The normalized spacial score (nSPS) is 11.2. The van der Waals surface area contributed by atoms with Gasteiger partial charge in [-0.3, -0.25) is 9.52 Å². The summed E-state index contributed by atoms with van der Waals surface area (Å²) in [5.74, 6) is -0.476. The Bertz CT molecular complexity index is 1220. The van der Waals surface area contributed by atoms with E-state index in [2.05, 4.69) is 10.0 Å². The van der Waals surface area contributed by atoms with Crippen molar-refractivity contribution in [3.8, 4) is 0 Å². The summed E-state index contributed by atoms with van der Waals surface area (Å²) < 4.78 is 28.6. The predicted molar refractivity (Wildman–Crippen MR) is 122 cm³/mol. The molecule has 8 heteroatoms. The number of rotatable bonds is 5. The van der Waals surface area contributed by atoms with E-state index in [1.807, 2.05) is 26.0 Å². The number of carbonyl (C=O) groups excluding carboxylic acids is 1. The highest BCUT2D eigenvalue weighted by Gasteiger charge is 2.20. The van der Waals surface area contributed by atoms with E-state index in [9.17, 15) is 13.2 Å². The van der Waals surface area contributed by atoms with Crippen molar-refractivity contribution in [3.63, 3.8) is 0 Å². The van der Waals surface area contributed by atoms with E-state index in [0.29, 0.717) is 27.0 Å². The summed E-state index contributed by atoms with van der Waals surface area (Å²) in [6.07, 6.45) is 0. The van der Waals surface area contributed by atoms with E-state index < -0.39 is 15.9 Å². The third-order valence-corrected chi connectivity index (χ3v) is 6.43. The minimum Gasteiger partial charge on any atom is -0.322 e. The largest absolute Gasteiger partial charge is 0.322 e. The fraction of sp³-hybridized carbons (Fsp3) is 0.136. The molecule has 0 unspecified atom stereocenters. The molecule has 30 heavy (non-hydrogen) atoms. The second-order valence-corrected chi connectivity index (χ2v) is 9.54. The van der Waals surface area contributed by atoms with Gasteiger partial charge in [0.25, 0.3) is 15.9 Å². The summed E-state index contributed by atoms with van der Waals surface area (Å²) in [6.45, 7) is 5.44. The Balaban J connectivity index is 1.91. The Hall–Kier alpha value is -2.54. The molecular weight excluding hydrogens is 443 g/mol. The zero-order chi connectivity index (χ0) is 22.1. The predicted octanol–water partition coefficient (Wildman–Crippen LogP) is 5.97. The standard InChI is InChI=1S/C22H20Cl2N2O3S/c1-13-4-7-20(15(3)8-13)26-30(28,29)21-9-16(6-5-14(21)2)22(27)25-19-11-17(23)10-18(24)12-19/h4-12,26H,1-3H3,(H,25,27). The van der Waals surface area contributed by atoms with Crippen LogP contribution in [0.5, 0.6) is 0 Å². The third-order valence-electron chi connectivity index (χ3n) is 4.49. The highest BCUT2D eigenvalue weighted by molar-refractivity contribution is 7.92. The van der Waals surface area contributed by atoms with E-state index in [4.69, 9.17) is 23.2 Å². The Morgan fingerprint density at radius 3 is 2.13 bits per heavy atom. The molecule has 2 N–H and O–H groups in total. The van der Waals surface area contributed by atoms with Crippen LogP contribution in [0, 0.1) is 20.8 Å². The van der Waals surface area contributed by atoms with Gasteiger partial charge in [-0.1, -0.05) is 47.0 Å². The van der Waals surface area contributed by atoms with Crippen LogP contribution in [0.1, 0.15) is 27.0 Å². The summed E-state index contributed by atoms with van der Waals surface area (Å²) >= 11 is 11.9. The first kappa shape index (κ1) is 22.2.